The summed E-state index contributed by atoms with van der Waals surface area (Å²) >= 11 is 6.27. The monoisotopic (exact) mass is 299 g/mol. The van der Waals surface area contributed by atoms with Gasteiger partial charge in [0.15, 0.2) is 0 Å². The van der Waals surface area contributed by atoms with Gasteiger partial charge >= 0.3 is 0 Å². The van der Waals surface area contributed by atoms with Crippen molar-refractivity contribution in [1.29, 1.82) is 0 Å². The highest BCUT2D eigenvalue weighted by Gasteiger charge is 2.29. The third kappa shape index (κ3) is 2.88. The smallest absolute Gasteiger partial charge is 0.245 e. The molecule has 1 atom stereocenters. The van der Waals surface area contributed by atoms with Crippen molar-refractivity contribution >= 4 is 28.9 Å². The van der Waals surface area contributed by atoms with Crippen LogP contribution in [0.5, 0.6) is 0 Å². The van der Waals surface area contributed by atoms with E-state index in [1.165, 1.54) is 0 Å². The Morgan fingerprint density at radius 2 is 2.25 bits per heavy atom. The number of ether oxygens (including phenoxy) is 1. The molecule has 1 heterocycles. The highest BCUT2D eigenvalue weighted by atomic mass is 35.5. The molecule has 0 saturated carbocycles. The molecule has 2 rings (SSSR count). The van der Waals surface area contributed by atoms with Crippen LogP contribution < -0.4 is 16.0 Å². The summed E-state index contributed by atoms with van der Waals surface area (Å²) in [6.07, 6.45) is 0. The summed E-state index contributed by atoms with van der Waals surface area (Å²) in [6.45, 7) is 1.54. The van der Waals surface area contributed by atoms with Crippen LogP contribution >= 0.6 is 11.6 Å². The Labute approximate surface area is 122 Å². The topological polar surface area (TPSA) is 87.8 Å². The minimum absolute atomic E-state index is 0.00298. The van der Waals surface area contributed by atoms with E-state index in [9.17, 15) is 4.79 Å². The van der Waals surface area contributed by atoms with Crippen LogP contribution in [0.3, 0.4) is 0 Å². The van der Waals surface area contributed by atoms with Gasteiger partial charge in [-0.05, 0) is 12.1 Å². The zero-order valence-corrected chi connectivity index (χ0v) is 12.0. The van der Waals surface area contributed by atoms with E-state index < -0.39 is 6.04 Å². The van der Waals surface area contributed by atoms with Gasteiger partial charge in [0.05, 0.1) is 23.9 Å². The number of carbonyl (C=O) groups is 1. The lowest BCUT2D eigenvalue weighted by Gasteiger charge is -2.25. The third-order valence-electron chi connectivity index (χ3n) is 3.27. The molecule has 1 amide bonds. The molecular formula is C13H18ClN3O3. The number of hydrogen-bond acceptors (Lipinski definition) is 5. The molecule has 6 nitrogen and oxygen atoms in total. The van der Waals surface area contributed by atoms with E-state index in [1.807, 2.05) is 4.90 Å². The Hall–Kier alpha value is -1.34. The van der Waals surface area contributed by atoms with Gasteiger partial charge in [0.1, 0.15) is 6.04 Å². The standard InChI is InChI=1S/C13H18ClN3O3/c1-20-5-3-17(2-4-18)11-7-10-8(6-9(11)14)12(15)13(19)16-10/h6-7,12,18H,2-5,15H2,1H3,(H,16,19). The average Bonchev–Trinajstić information content (AvgIpc) is 2.70. The van der Waals surface area contributed by atoms with Gasteiger partial charge in [0, 0.05) is 31.5 Å². The number of fused-ring (bicyclic) bond motifs is 1. The van der Waals surface area contributed by atoms with Crippen molar-refractivity contribution in [2.45, 2.75) is 6.04 Å². The van der Waals surface area contributed by atoms with Crippen LogP contribution in [0.25, 0.3) is 0 Å². The summed E-state index contributed by atoms with van der Waals surface area (Å²) in [5.41, 5.74) is 7.88. The molecule has 0 aromatic heterocycles. The number of hydrogen-bond donors (Lipinski definition) is 3. The molecule has 0 spiro atoms. The van der Waals surface area contributed by atoms with E-state index in [4.69, 9.17) is 27.2 Å². The predicted molar refractivity (Wildman–Crippen MR) is 78.2 cm³/mol. The summed E-state index contributed by atoms with van der Waals surface area (Å²) in [5, 5.41) is 12.4. The second-order valence-electron chi connectivity index (χ2n) is 4.56. The molecule has 4 N–H and O–H groups in total. The van der Waals surface area contributed by atoms with Crippen LogP contribution in [0.15, 0.2) is 12.1 Å². The maximum absolute atomic E-state index is 11.6. The Kier molecular flexibility index (Phi) is 4.82. The molecule has 0 radical (unpaired) electrons. The van der Waals surface area contributed by atoms with E-state index in [-0.39, 0.29) is 12.5 Å². The molecule has 7 heteroatoms. The fourth-order valence-electron chi connectivity index (χ4n) is 2.21. The van der Waals surface area contributed by atoms with Crippen molar-refractivity contribution in [3.63, 3.8) is 0 Å². The lowest BCUT2D eigenvalue weighted by Crippen LogP contribution is -2.30. The molecular weight excluding hydrogens is 282 g/mol. The first-order chi connectivity index (χ1) is 9.58. The number of aliphatic hydroxyl groups is 1. The Morgan fingerprint density at radius 3 is 2.90 bits per heavy atom. The number of nitrogens with two attached hydrogens (primary N) is 1. The number of anilines is 2. The van der Waals surface area contributed by atoms with Crippen molar-refractivity contribution in [2.24, 2.45) is 5.73 Å². The van der Waals surface area contributed by atoms with Gasteiger partial charge in [-0.25, -0.2) is 0 Å². The predicted octanol–water partition coefficient (Wildman–Crippen LogP) is 0.737. The van der Waals surface area contributed by atoms with Crippen molar-refractivity contribution in [3.8, 4) is 0 Å². The first-order valence-corrected chi connectivity index (χ1v) is 6.71. The minimum atomic E-state index is -0.679. The second kappa shape index (κ2) is 6.41. The number of methoxy groups -OCH3 is 1. The van der Waals surface area contributed by atoms with Crippen LogP contribution in [0.1, 0.15) is 11.6 Å². The molecule has 0 saturated heterocycles. The molecule has 110 valence electrons. The summed E-state index contributed by atoms with van der Waals surface area (Å²) < 4.78 is 5.05. The lowest BCUT2D eigenvalue weighted by atomic mass is 10.1. The van der Waals surface area contributed by atoms with Gasteiger partial charge in [-0.3, -0.25) is 4.79 Å². The Morgan fingerprint density at radius 1 is 1.50 bits per heavy atom. The number of rotatable bonds is 6. The van der Waals surface area contributed by atoms with Gasteiger partial charge < -0.3 is 25.8 Å². The van der Waals surface area contributed by atoms with E-state index >= 15 is 0 Å². The van der Waals surface area contributed by atoms with Gasteiger partial charge in [-0.1, -0.05) is 11.6 Å². The first kappa shape index (κ1) is 15.1. The number of aliphatic hydroxyl groups excluding tert-OH is 1. The molecule has 0 aliphatic carbocycles. The van der Waals surface area contributed by atoms with Crippen LogP contribution in [-0.2, 0) is 9.53 Å². The number of carbonyl (C=O) groups excluding carboxylic acids is 1. The molecule has 1 aromatic rings. The Balaban J connectivity index is 2.32. The van der Waals surface area contributed by atoms with Crippen LogP contribution in [0, 0.1) is 0 Å². The normalized spacial score (nSPS) is 17.0. The molecule has 1 aliphatic heterocycles. The SMILES string of the molecule is COCCN(CCO)c1cc2c(cc1Cl)C(N)C(=O)N2. The first-order valence-electron chi connectivity index (χ1n) is 6.33. The zero-order valence-electron chi connectivity index (χ0n) is 11.2. The molecule has 0 bridgehead atoms. The lowest BCUT2D eigenvalue weighted by molar-refractivity contribution is -0.116. The van der Waals surface area contributed by atoms with E-state index in [2.05, 4.69) is 5.32 Å². The van der Waals surface area contributed by atoms with Crippen molar-refractivity contribution in [3.05, 3.63) is 22.7 Å². The zero-order chi connectivity index (χ0) is 14.7. The number of nitrogens with zero attached hydrogens (tertiary/aromatic N) is 1. The van der Waals surface area contributed by atoms with Gasteiger partial charge in [-0.15, -0.1) is 0 Å². The summed E-state index contributed by atoms with van der Waals surface area (Å²) in [4.78, 5) is 13.5. The molecule has 0 fully saturated rings. The van der Waals surface area contributed by atoms with Gasteiger partial charge in [-0.2, -0.15) is 0 Å². The van der Waals surface area contributed by atoms with Crippen molar-refractivity contribution in [2.75, 3.05) is 43.6 Å². The van der Waals surface area contributed by atoms with Crippen LogP contribution in [0.4, 0.5) is 11.4 Å². The maximum Gasteiger partial charge on any atom is 0.245 e. The maximum atomic E-state index is 11.6. The number of halogens is 1. The summed E-state index contributed by atoms with van der Waals surface area (Å²) in [5.74, 6) is -0.237. The van der Waals surface area contributed by atoms with Crippen molar-refractivity contribution < 1.29 is 14.6 Å². The fraction of sp³-hybridized carbons (Fsp3) is 0.462. The largest absolute Gasteiger partial charge is 0.395 e. The quantitative estimate of drug-likeness (QED) is 0.721. The Bertz CT molecular complexity index is 510. The van der Waals surface area contributed by atoms with Crippen LogP contribution in [0.2, 0.25) is 5.02 Å². The van der Waals surface area contributed by atoms with Gasteiger partial charge in [0.2, 0.25) is 5.91 Å². The summed E-state index contributed by atoms with van der Waals surface area (Å²) in [6, 6.07) is 2.81. The molecule has 1 aromatic carbocycles. The number of amides is 1. The number of nitrogens with one attached hydrogen (secondary N) is 1. The van der Waals surface area contributed by atoms with Crippen molar-refractivity contribution in [1.82, 2.24) is 0 Å². The highest BCUT2D eigenvalue weighted by Crippen LogP contribution is 2.37. The second-order valence-corrected chi connectivity index (χ2v) is 4.97. The fourth-order valence-corrected chi connectivity index (χ4v) is 2.50. The summed E-state index contributed by atoms with van der Waals surface area (Å²) in [7, 11) is 1.61. The average molecular weight is 300 g/mol. The van der Waals surface area contributed by atoms with E-state index in [0.29, 0.717) is 36.0 Å². The molecule has 20 heavy (non-hydrogen) atoms. The van der Waals surface area contributed by atoms with E-state index in [0.717, 1.165) is 5.69 Å². The van der Waals surface area contributed by atoms with Gasteiger partial charge in [0.25, 0.3) is 0 Å². The van der Waals surface area contributed by atoms with E-state index in [1.54, 1.807) is 19.2 Å². The molecule has 1 aliphatic rings. The highest BCUT2D eigenvalue weighted by molar-refractivity contribution is 6.33. The number of benzene rings is 1. The third-order valence-corrected chi connectivity index (χ3v) is 3.57. The minimum Gasteiger partial charge on any atom is -0.395 e. The molecule has 1 unspecified atom stereocenters. The van der Waals surface area contributed by atoms with Crippen LogP contribution in [-0.4, -0.2) is 44.4 Å².